The van der Waals surface area contributed by atoms with E-state index in [0.29, 0.717) is 50.2 Å². The van der Waals surface area contributed by atoms with Crippen molar-refractivity contribution in [3.05, 3.63) is 30.5 Å². The summed E-state index contributed by atoms with van der Waals surface area (Å²) in [6, 6.07) is 5.84. The summed E-state index contributed by atoms with van der Waals surface area (Å²) in [4.78, 5) is 61.1. The number of nitrogens with two attached hydrogens (primary N) is 1. The predicted octanol–water partition coefficient (Wildman–Crippen LogP) is 4.30. The molecule has 3 aliphatic heterocycles. The third-order valence-electron chi connectivity index (χ3n) is 13.1. The smallest absolute Gasteiger partial charge is 0.410 e. The van der Waals surface area contributed by atoms with E-state index in [1.165, 1.54) is 21.0 Å². The Morgan fingerprint density at radius 3 is 2.44 bits per heavy atom. The number of anilines is 1. The molecule has 17 nitrogen and oxygen atoms in total. The number of nitrogens with zero attached hydrogens (tertiary/aromatic N) is 6. The number of fused-ring (bicyclic) bond motifs is 1. The topological polar surface area (TPSA) is 201 Å². The van der Waals surface area contributed by atoms with Gasteiger partial charge in [0, 0.05) is 57.4 Å². The number of hydrogen-bond acceptors (Lipinski definition) is 14. The summed E-state index contributed by atoms with van der Waals surface area (Å²) in [5.74, 6) is -2.87. The number of aliphatic hydroxyl groups is 1. The third-order valence-corrected chi connectivity index (χ3v) is 13.1. The Morgan fingerprint density at radius 2 is 1.80 bits per heavy atom. The molecule has 12 atom stereocenters. The van der Waals surface area contributed by atoms with Gasteiger partial charge in [-0.15, -0.1) is 5.10 Å². The molecule has 3 N–H and O–H groups in total. The number of aromatic nitrogens is 3. The second kappa shape index (κ2) is 19.9. The number of aryl methyl sites for hydroxylation is 1. The molecule has 5 rings (SSSR count). The first-order valence-corrected chi connectivity index (χ1v) is 21.7. The Balaban J connectivity index is 1.43. The third kappa shape index (κ3) is 10.7. The number of cyclic esters (lactones) is 1. The highest BCUT2D eigenvalue weighted by Crippen LogP contribution is 2.41. The second-order valence-electron chi connectivity index (χ2n) is 18.1. The number of ketones is 1. The fourth-order valence-corrected chi connectivity index (χ4v) is 9.50. The van der Waals surface area contributed by atoms with E-state index < -0.39 is 71.7 Å². The number of rotatable bonds is 11. The van der Waals surface area contributed by atoms with Crippen molar-refractivity contribution < 1.29 is 48.0 Å². The van der Waals surface area contributed by atoms with E-state index in [1.54, 1.807) is 21.4 Å². The van der Waals surface area contributed by atoms with Gasteiger partial charge in [0.1, 0.15) is 29.6 Å². The molecule has 17 heteroatoms. The van der Waals surface area contributed by atoms with E-state index in [1.807, 2.05) is 84.1 Å². The number of carbonyl (C=O) groups is 4. The van der Waals surface area contributed by atoms with Gasteiger partial charge in [-0.1, -0.05) is 31.2 Å². The van der Waals surface area contributed by atoms with Crippen LogP contribution in [0.15, 0.2) is 30.5 Å². The van der Waals surface area contributed by atoms with Crippen LogP contribution in [0.2, 0.25) is 0 Å². The molecule has 1 aromatic heterocycles. The lowest BCUT2D eigenvalue weighted by atomic mass is 9.82. The number of esters is 1. The van der Waals surface area contributed by atoms with Gasteiger partial charge in [-0.2, -0.15) is 0 Å². The number of ether oxygens (including phenoxy) is 5. The molecule has 0 bridgehead atoms. The molecular formula is C44H69N7O10. The summed E-state index contributed by atoms with van der Waals surface area (Å²) in [5.41, 5.74) is 5.63. The highest BCUT2D eigenvalue weighted by Gasteiger charge is 2.59. The Labute approximate surface area is 360 Å². The van der Waals surface area contributed by atoms with E-state index in [0.717, 1.165) is 5.56 Å². The lowest BCUT2D eigenvalue weighted by Gasteiger charge is -2.46. The maximum atomic E-state index is 14.1. The molecular weight excluding hydrogens is 787 g/mol. The number of hydrogen-bond donors (Lipinski definition) is 2. The standard InChI is InChI=1S/C44H69N7O10/c1-12-36-44(8)39(50(42(56)61-44)19-14-13-18-49-25-33(46-47-49)31-16-15-17-32(45)21-31)29(5)51(30(6)52)24-26(2)23-43(7,57-11)37(22-35(53)28(4)40(55)59-36)60-41-38(54)34(48(9)10)20-27(3)58-41/h15-17,21,25-29,34,36-39,41,54H,12-14,18-20,22-24,45H2,1-11H3/t26-,27?,28-,29-,34?,36-,37-,38?,39-,41+,43+,44-/m1/s1. The number of unbranched alkanes of at least 4 members (excludes halogenated alkanes) is 1. The molecule has 0 aliphatic carbocycles. The molecule has 3 aliphatic rings. The van der Waals surface area contributed by atoms with Crippen molar-refractivity contribution in [2.45, 2.75) is 160 Å². The van der Waals surface area contributed by atoms with Gasteiger partial charge >= 0.3 is 12.1 Å². The molecule has 3 unspecified atom stereocenters. The van der Waals surface area contributed by atoms with Crippen LogP contribution >= 0.6 is 0 Å². The van der Waals surface area contributed by atoms with Crippen molar-refractivity contribution in [2.75, 3.05) is 40.0 Å². The lowest BCUT2D eigenvalue weighted by molar-refractivity contribution is -0.289. The van der Waals surface area contributed by atoms with Crippen LogP contribution in [0.1, 0.15) is 93.9 Å². The number of nitrogen functional groups attached to an aromatic ring is 1. The minimum Gasteiger partial charge on any atom is -0.458 e. The summed E-state index contributed by atoms with van der Waals surface area (Å²) in [5, 5.41) is 20.0. The minimum atomic E-state index is -1.39. The molecule has 4 heterocycles. The van der Waals surface area contributed by atoms with Gasteiger partial charge in [-0.25, -0.2) is 4.79 Å². The molecule has 2 amide bonds. The van der Waals surface area contributed by atoms with Gasteiger partial charge in [0.05, 0.1) is 36.1 Å². The fourth-order valence-electron chi connectivity index (χ4n) is 9.50. The highest BCUT2D eigenvalue weighted by molar-refractivity contribution is 5.99. The van der Waals surface area contributed by atoms with E-state index in [2.05, 4.69) is 10.3 Å². The van der Waals surface area contributed by atoms with E-state index in [9.17, 15) is 24.3 Å². The highest BCUT2D eigenvalue weighted by atomic mass is 16.7. The summed E-state index contributed by atoms with van der Waals surface area (Å²) >= 11 is 0. The Morgan fingerprint density at radius 1 is 1.10 bits per heavy atom. The van der Waals surface area contributed by atoms with E-state index in [-0.39, 0.29) is 43.4 Å². The Bertz CT molecular complexity index is 1840. The quantitative estimate of drug-likeness (QED) is 0.140. The zero-order valence-corrected chi connectivity index (χ0v) is 37.9. The van der Waals surface area contributed by atoms with Crippen molar-refractivity contribution >= 4 is 29.4 Å². The fraction of sp³-hybridized carbons (Fsp3) is 0.727. The number of benzene rings is 1. The minimum absolute atomic E-state index is 0.212. The molecule has 3 fully saturated rings. The number of methoxy groups -OCH3 is 1. The Kier molecular flexibility index (Phi) is 15.6. The van der Waals surface area contributed by atoms with E-state index >= 15 is 0 Å². The number of carbonyl (C=O) groups excluding carboxylic acids is 4. The first-order valence-electron chi connectivity index (χ1n) is 21.7. The summed E-state index contributed by atoms with van der Waals surface area (Å²) < 4.78 is 33.0. The van der Waals surface area contributed by atoms with Crippen LogP contribution in [-0.2, 0) is 44.6 Å². The maximum absolute atomic E-state index is 14.1. The lowest BCUT2D eigenvalue weighted by Crippen LogP contribution is -2.62. The average molecular weight is 856 g/mol. The number of amides is 2. The predicted molar refractivity (Wildman–Crippen MR) is 227 cm³/mol. The van der Waals surface area contributed by atoms with Gasteiger partial charge in [0.2, 0.25) is 5.91 Å². The van der Waals surface area contributed by atoms with Gasteiger partial charge in [0.15, 0.2) is 11.9 Å². The van der Waals surface area contributed by atoms with Crippen LogP contribution in [0.4, 0.5) is 10.5 Å². The summed E-state index contributed by atoms with van der Waals surface area (Å²) in [6.45, 7) is 15.3. The molecule has 0 saturated carbocycles. The largest absolute Gasteiger partial charge is 0.458 e. The molecule has 0 radical (unpaired) electrons. The molecule has 0 spiro atoms. The molecule has 1 aromatic carbocycles. The van der Waals surface area contributed by atoms with Crippen molar-refractivity contribution in [1.82, 2.24) is 29.7 Å². The van der Waals surface area contributed by atoms with Gasteiger partial charge in [0.25, 0.3) is 0 Å². The average Bonchev–Trinajstić information content (AvgIpc) is 3.78. The van der Waals surface area contributed by atoms with Gasteiger partial charge in [-0.05, 0) is 98.9 Å². The van der Waals surface area contributed by atoms with Crippen LogP contribution < -0.4 is 5.73 Å². The zero-order chi connectivity index (χ0) is 45.0. The monoisotopic (exact) mass is 856 g/mol. The summed E-state index contributed by atoms with van der Waals surface area (Å²) in [7, 11) is 5.29. The second-order valence-corrected chi connectivity index (χ2v) is 18.1. The zero-order valence-electron chi connectivity index (χ0n) is 37.9. The number of likely N-dealkylation sites (N-methyl/N-ethyl adjacent to an activating group) is 1. The van der Waals surface area contributed by atoms with Gasteiger partial charge in [-0.3, -0.25) is 24.0 Å². The van der Waals surface area contributed by atoms with Crippen LogP contribution in [0.3, 0.4) is 0 Å². The first-order chi connectivity index (χ1) is 28.7. The van der Waals surface area contributed by atoms with Crippen LogP contribution in [0, 0.1) is 11.8 Å². The molecule has 3 saturated heterocycles. The number of Topliss-reactive ketones (excluding diaryl/α,β-unsaturated/α-hetero) is 1. The van der Waals surface area contributed by atoms with Crippen LogP contribution in [0.5, 0.6) is 0 Å². The first kappa shape index (κ1) is 47.9. The Hall–Kier alpha value is -4.16. The van der Waals surface area contributed by atoms with Crippen molar-refractivity contribution in [3.8, 4) is 11.3 Å². The van der Waals surface area contributed by atoms with Crippen molar-refractivity contribution in [3.63, 3.8) is 0 Å². The maximum Gasteiger partial charge on any atom is 0.410 e. The molecule has 340 valence electrons. The molecule has 2 aromatic rings. The normalized spacial score (nSPS) is 34.4. The van der Waals surface area contributed by atoms with Crippen molar-refractivity contribution in [2.24, 2.45) is 11.8 Å². The summed E-state index contributed by atoms with van der Waals surface area (Å²) in [6.07, 6.45) is -0.842. The SMILES string of the molecule is CC[C@H]1OC(=O)[C@H](C)C(=O)C[C@@H](O[C@@H]2OC(C)CC(N(C)C)C2O)[C@@](C)(OC)C[C@@H](C)CN(C(C)=O)[C@H](C)[C@H]2N(CCCCn3cc(-c4cccc(N)c4)nn3)C(=O)O[C@]12C. The van der Waals surface area contributed by atoms with Gasteiger partial charge < -0.3 is 44.3 Å². The van der Waals surface area contributed by atoms with Crippen molar-refractivity contribution in [1.29, 1.82) is 0 Å². The van der Waals surface area contributed by atoms with Crippen LogP contribution in [-0.4, -0.2) is 153 Å². The number of aliphatic hydroxyl groups excluding tert-OH is 1. The molecule has 61 heavy (non-hydrogen) atoms. The van der Waals surface area contributed by atoms with Crippen LogP contribution in [0.25, 0.3) is 11.3 Å². The van der Waals surface area contributed by atoms with E-state index in [4.69, 9.17) is 29.4 Å².